The molecule has 3 rings (SSSR count). The summed E-state index contributed by atoms with van der Waals surface area (Å²) in [5, 5.41) is 18.2. The van der Waals surface area contributed by atoms with Crippen LogP contribution < -0.4 is 9.64 Å². The molecule has 2 aliphatic rings. The largest absolute Gasteiger partial charge is 0.422 e. The first kappa shape index (κ1) is 15.2. The molecule has 0 bridgehead atoms. The van der Waals surface area contributed by atoms with E-state index in [-0.39, 0.29) is 12.2 Å². The first-order valence-corrected chi connectivity index (χ1v) is 7.25. The van der Waals surface area contributed by atoms with Crippen molar-refractivity contribution in [2.24, 2.45) is 0 Å². The van der Waals surface area contributed by atoms with Crippen molar-refractivity contribution in [3.8, 4) is 5.75 Å². The number of para-hydroxylation sites is 2. The summed E-state index contributed by atoms with van der Waals surface area (Å²) in [6, 6.07) is 7.10. The molecule has 3 atom stereocenters. The van der Waals surface area contributed by atoms with Crippen molar-refractivity contribution in [3.05, 3.63) is 24.3 Å². The lowest BCUT2D eigenvalue weighted by molar-refractivity contribution is -0.145. The Hall–Kier alpha value is -1.67. The van der Waals surface area contributed by atoms with E-state index in [0.717, 1.165) is 18.9 Å². The van der Waals surface area contributed by atoms with Gasteiger partial charge in [0.05, 0.1) is 37.7 Å². The molecule has 2 saturated heterocycles. The Labute approximate surface area is 128 Å². The number of rotatable bonds is 8. The number of anilines is 1. The Kier molecular flexibility index (Phi) is 4.58. The summed E-state index contributed by atoms with van der Waals surface area (Å²) in [4.78, 5) is 13.7. The number of nitrogens with zero attached hydrogens (tertiary/aromatic N) is 1. The standard InChI is InChI=1S/C15H19NO6/c17-7-13(18)15(19)22-14-4-2-1-3-12(14)16(5-10-8-20-10)6-11-9-21-11/h1-4,10-11,13,17-18H,5-9H2. The van der Waals surface area contributed by atoms with Gasteiger partial charge in [-0.2, -0.15) is 0 Å². The maximum absolute atomic E-state index is 11.7. The van der Waals surface area contributed by atoms with Crippen molar-refractivity contribution < 1.29 is 29.2 Å². The van der Waals surface area contributed by atoms with Crippen molar-refractivity contribution in [2.75, 3.05) is 37.8 Å². The number of aliphatic hydroxyl groups is 2. The van der Waals surface area contributed by atoms with Crippen LogP contribution in [0.4, 0.5) is 5.69 Å². The maximum Gasteiger partial charge on any atom is 0.342 e. The van der Waals surface area contributed by atoms with Gasteiger partial charge < -0.3 is 29.3 Å². The average molecular weight is 309 g/mol. The number of esters is 1. The lowest BCUT2D eigenvalue weighted by Crippen LogP contribution is -2.33. The zero-order chi connectivity index (χ0) is 15.5. The quantitative estimate of drug-likeness (QED) is 0.381. The Balaban J connectivity index is 1.76. The van der Waals surface area contributed by atoms with Crippen LogP contribution in [0.3, 0.4) is 0 Å². The van der Waals surface area contributed by atoms with Crippen molar-refractivity contribution in [2.45, 2.75) is 18.3 Å². The highest BCUT2D eigenvalue weighted by Crippen LogP contribution is 2.31. The van der Waals surface area contributed by atoms with E-state index in [1.165, 1.54) is 0 Å². The van der Waals surface area contributed by atoms with Crippen molar-refractivity contribution >= 4 is 11.7 Å². The molecule has 7 heteroatoms. The topological polar surface area (TPSA) is 95.1 Å². The van der Waals surface area contributed by atoms with Gasteiger partial charge in [0, 0.05) is 13.1 Å². The maximum atomic E-state index is 11.7. The van der Waals surface area contributed by atoms with E-state index in [0.29, 0.717) is 18.8 Å². The van der Waals surface area contributed by atoms with Crippen LogP contribution in [0, 0.1) is 0 Å². The molecular weight excluding hydrogens is 290 g/mol. The zero-order valence-corrected chi connectivity index (χ0v) is 12.1. The lowest BCUT2D eigenvalue weighted by atomic mass is 10.2. The van der Waals surface area contributed by atoms with Gasteiger partial charge in [-0.05, 0) is 12.1 Å². The predicted molar refractivity (Wildman–Crippen MR) is 76.9 cm³/mol. The third-order valence-electron chi connectivity index (χ3n) is 3.51. The number of epoxide rings is 2. The van der Waals surface area contributed by atoms with Gasteiger partial charge in [0.2, 0.25) is 0 Å². The summed E-state index contributed by atoms with van der Waals surface area (Å²) in [5.74, 6) is -0.526. The number of hydrogen-bond donors (Lipinski definition) is 2. The van der Waals surface area contributed by atoms with E-state index in [4.69, 9.17) is 19.3 Å². The van der Waals surface area contributed by atoms with Crippen LogP contribution in [-0.2, 0) is 14.3 Å². The zero-order valence-electron chi connectivity index (χ0n) is 12.1. The minimum absolute atomic E-state index is 0.186. The summed E-state index contributed by atoms with van der Waals surface area (Å²) in [6.07, 6.45) is -1.17. The second kappa shape index (κ2) is 6.62. The minimum atomic E-state index is -1.54. The van der Waals surface area contributed by atoms with Gasteiger partial charge in [-0.3, -0.25) is 0 Å². The van der Waals surface area contributed by atoms with Crippen molar-refractivity contribution in [1.82, 2.24) is 0 Å². The first-order valence-electron chi connectivity index (χ1n) is 7.25. The van der Waals surface area contributed by atoms with Gasteiger partial charge in [-0.25, -0.2) is 4.79 Å². The highest BCUT2D eigenvalue weighted by Gasteiger charge is 2.32. The van der Waals surface area contributed by atoms with Crippen LogP contribution in [0.25, 0.3) is 0 Å². The van der Waals surface area contributed by atoms with Crippen LogP contribution in [-0.4, -0.2) is 67.4 Å². The van der Waals surface area contributed by atoms with Crippen molar-refractivity contribution in [1.29, 1.82) is 0 Å². The molecule has 2 N–H and O–H groups in total. The molecule has 7 nitrogen and oxygen atoms in total. The SMILES string of the molecule is O=C(Oc1ccccc1N(CC1CO1)CC1CO1)C(O)CO. The number of carbonyl (C=O) groups is 1. The molecular formula is C15H19NO6. The molecule has 0 amide bonds. The third-order valence-corrected chi connectivity index (χ3v) is 3.51. The molecule has 1 aromatic rings. The molecule has 2 aliphatic heterocycles. The molecule has 2 fully saturated rings. The fourth-order valence-corrected chi connectivity index (χ4v) is 2.17. The first-order chi connectivity index (χ1) is 10.7. The van der Waals surface area contributed by atoms with Crippen molar-refractivity contribution in [3.63, 3.8) is 0 Å². The van der Waals surface area contributed by atoms with E-state index in [2.05, 4.69) is 4.90 Å². The Morgan fingerprint density at radius 2 is 1.86 bits per heavy atom. The fraction of sp³-hybridized carbons (Fsp3) is 0.533. The van der Waals surface area contributed by atoms with E-state index < -0.39 is 18.7 Å². The Morgan fingerprint density at radius 1 is 1.27 bits per heavy atom. The lowest BCUT2D eigenvalue weighted by Gasteiger charge is -2.25. The van der Waals surface area contributed by atoms with Gasteiger partial charge >= 0.3 is 5.97 Å². The fourth-order valence-electron chi connectivity index (χ4n) is 2.17. The van der Waals surface area contributed by atoms with Crippen LogP contribution >= 0.6 is 0 Å². The van der Waals surface area contributed by atoms with Gasteiger partial charge in [-0.15, -0.1) is 0 Å². The predicted octanol–water partition coefficient (Wildman–Crippen LogP) is -0.451. The van der Waals surface area contributed by atoms with E-state index in [1.807, 2.05) is 12.1 Å². The van der Waals surface area contributed by atoms with Crippen LogP contribution in [0.5, 0.6) is 5.75 Å². The molecule has 3 unspecified atom stereocenters. The number of ether oxygens (including phenoxy) is 3. The number of carbonyl (C=O) groups excluding carboxylic acids is 1. The smallest absolute Gasteiger partial charge is 0.342 e. The molecule has 0 aromatic heterocycles. The molecule has 0 spiro atoms. The number of hydrogen-bond acceptors (Lipinski definition) is 7. The normalized spacial score (nSPS) is 23.7. The van der Waals surface area contributed by atoms with E-state index >= 15 is 0 Å². The highest BCUT2D eigenvalue weighted by molar-refractivity contribution is 5.79. The third kappa shape index (κ3) is 3.95. The van der Waals surface area contributed by atoms with Crippen LogP contribution in [0.15, 0.2) is 24.3 Å². The van der Waals surface area contributed by atoms with Gasteiger partial charge in [0.15, 0.2) is 11.9 Å². The Morgan fingerprint density at radius 3 is 2.41 bits per heavy atom. The van der Waals surface area contributed by atoms with Crippen LogP contribution in [0.1, 0.15) is 0 Å². The minimum Gasteiger partial charge on any atom is -0.422 e. The molecule has 2 heterocycles. The highest BCUT2D eigenvalue weighted by atomic mass is 16.6. The average Bonchev–Trinajstić information content (AvgIpc) is 3.42. The number of benzene rings is 1. The molecule has 0 saturated carbocycles. The van der Waals surface area contributed by atoms with Gasteiger partial charge in [-0.1, -0.05) is 12.1 Å². The molecule has 120 valence electrons. The summed E-state index contributed by atoms with van der Waals surface area (Å²) in [5.41, 5.74) is 0.743. The van der Waals surface area contributed by atoms with E-state index in [1.54, 1.807) is 12.1 Å². The molecule has 1 aromatic carbocycles. The van der Waals surface area contributed by atoms with Gasteiger partial charge in [0.1, 0.15) is 0 Å². The monoisotopic (exact) mass is 309 g/mol. The summed E-state index contributed by atoms with van der Waals surface area (Å²) < 4.78 is 15.8. The molecule has 22 heavy (non-hydrogen) atoms. The number of aliphatic hydroxyl groups excluding tert-OH is 2. The van der Waals surface area contributed by atoms with Crippen LogP contribution in [0.2, 0.25) is 0 Å². The summed E-state index contributed by atoms with van der Waals surface area (Å²) >= 11 is 0. The molecule has 0 aliphatic carbocycles. The van der Waals surface area contributed by atoms with E-state index in [9.17, 15) is 9.90 Å². The second-order valence-corrected chi connectivity index (χ2v) is 5.40. The Bertz CT molecular complexity index is 515. The summed E-state index contributed by atoms with van der Waals surface area (Å²) in [7, 11) is 0. The molecule has 0 radical (unpaired) electrons. The summed E-state index contributed by atoms with van der Waals surface area (Å²) in [6.45, 7) is 2.17. The second-order valence-electron chi connectivity index (χ2n) is 5.40. The van der Waals surface area contributed by atoms with Gasteiger partial charge in [0.25, 0.3) is 0 Å².